The van der Waals surface area contributed by atoms with Crippen LogP contribution in [0.15, 0.2) is 33.5 Å². The molecule has 2 aromatic rings. The van der Waals surface area contributed by atoms with Crippen molar-refractivity contribution < 1.29 is 8.78 Å². The summed E-state index contributed by atoms with van der Waals surface area (Å²) in [4.78, 5) is 10.8. The Morgan fingerprint density at radius 2 is 1.81 bits per heavy atom. The first-order chi connectivity index (χ1) is 7.58. The Bertz CT molecular complexity index is 554. The van der Waals surface area contributed by atoms with Crippen LogP contribution in [0.1, 0.15) is 0 Å². The number of halogens is 3. The van der Waals surface area contributed by atoms with Crippen molar-refractivity contribution in [3.8, 4) is 11.3 Å². The third-order valence-electron chi connectivity index (χ3n) is 1.94. The minimum atomic E-state index is -0.744. The largest absolute Gasteiger partial charge is 0.268 e. The molecule has 0 saturated heterocycles. The molecular weight excluding hydrogens is 282 g/mol. The van der Waals surface area contributed by atoms with Crippen LogP contribution in [0.5, 0.6) is 0 Å². The molecule has 1 aromatic carbocycles. The molecule has 0 fully saturated rings. The number of benzene rings is 1. The van der Waals surface area contributed by atoms with Crippen LogP contribution >= 0.6 is 15.9 Å². The maximum absolute atomic E-state index is 13.5. The van der Waals surface area contributed by atoms with Gasteiger partial charge in [-0.25, -0.2) is 13.9 Å². The summed E-state index contributed by atoms with van der Waals surface area (Å²) in [5, 5.41) is 5.68. The molecule has 16 heavy (non-hydrogen) atoms. The molecule has 1 aromatic heterocycles. The molecule has 0 aliphatic carbocycles. The standard InChI is InChI=1S/C10H5BrF2N2O/c11-5-3-6(12)10(7(13)4-5)8-1-2-9(16)15-14-8/h1-4H,(H,15,16). The highest BCUT2D eigenvalue weighted by atomic mass is 79.9. The van der Waals surface area contributed by atoms with Crippen LogP contribution in [0.2, 0.25) is 0 Å². The Hall–Kier alpha value is -1.56. The van der Waals surface area contributed by atoms with Gasteiger partial charge < -0.3 is 0 Å². The second-order valence-electron chi connectivity index (χ2n) is 3.05. The summed E-state index contributed by atoms with van der Waals surface area (Å²) < 4.78 is 27.3. The van der Waals surface area contributed by atoms with Gasteiger partial charge in [0.2, 0.25) is 0 Å². The highest BCUT2D eigenvalue weighted by Gasteiger charge is 2.13. The fourth-order valence-corrected chi connectivity index (χ4v) is 1.67. The predicted octanol–water partition coefficient (Wildman–Crippen LogP) is 2.48. The zero-order chi connectivity index (χ0) is 11.7. The summed E-state index contributed by atoms with van der Waals surface area (Å²) in [6, 6.07) is 4.67. The van der Waals surface area contributed by atoms with Crippen molar-refractivity contribution in [3.63, 3.8) is 0 Å². The fraction of sp³-hybridized carbons (Fsp3) is 0. The molecule has 1 heterocycles. The van der Waals surface area contributed by atoms with Gasteiger partial charge in [-0.15, -0.1) is 0 Å². The molecule has 0 amide bonds. The fourth-order valence-electron chi connectivity index (χ4n) is 1.27. The normalized spacial score (nSPS) is 10.4. The highest BCUT2D eigenvalue weighted by Crippen LogP contribution is 2.26. The van der Waals surface area contributed by atoms with E-state index in [4.69, 9.17) is 0 Å². The van der Waals surface area contributed by atoms with Gasteiger partial charge in [-0.2, -0.15) is 5.10 Å². The molecule has 0 aliphatic heterocycles. The average Bonchev–Trinajstić information content (AvgIpc) is 2.19. The van der Waals surface area contributed by atoms with Crippen molar-refractivity contribution in [3.05, 3.63) is 50.7 Å². The summed E-state index contributed by atoms with van der Waals surface area (Å²) in [7, 11) is 0. The van der Waals surface area contributed by atoms with E-state index in [2.05, 4.69) is 26.1 Å². The number of hydrogen-bond donors (Lipinski definition) is 1. The van der Waals surface area contributed by atoms with Crippen LogP contribution in [0, 0.1) is 11.6 Å². The van der Waals surface area contributed by atoms with Gasteiger partial charge >= 0.3 is 0 Å². The van der Waals surface area contributed by atoms with E-state index in [0.29, 0.717) is 4.47 Å². The lowest BCUT2D eigenvalue weighted by Gasteiger charge is -2.04. The topological polar surface area (TPSA) is 45.8 Å². The van der Waals surface area contributed by atoms with Crippen LogP contribution < -0.4 is 5.56 Å². The number of H-pyrrole nitrogens is 1. The van der Waals surface area contributed by atoms with Crippen LogP contribution in [0.4, 0.5) is 8.78 Å². The van der Waals surface area contributed by atoms with E-state index in [1.54, 1.807) is 0 Å². The molecule has 0 bridgehead atoms. The molecule has 0 radical (unpaired) electrons. The van der Waals surface area contributed by atoms with Crippen molar-refractivity contribution in [2.75, 3.05) is 0 Å². The lowest BCUT2D eigenvalue weighted by Crippen LogP contribution is -2.06. The van der Waals surface area contributed by atoms with E-state index in [9.17, 15) is 13.6 Å². The first kappa shape index (κ1) is 10.9. The second kappa shape index (κ2) is 4.13. The van der Waals surface area contributed by atoms with E-state index in [1.165, 1.54) is 6.07 Å². The zero-order valence-electron chi connectivity index (χ0n) is 7.80. The number of nitrogens with zero attached hydrogens (tertiary/aromatic N) is 1. The van der Waals surface area contributed by atoms with Crippen LogP contribution in [0.25, 0.3) is 11.3 Å². The molecule has 1 N–H and O–H groups in total. The first-order valence-electron chi connectivity index (χ1n) is 4.28. The van der Waals surface area contributed by atoms with Gasteiger partial charge in [0, 0.05) is 10.5 Å². The first-order valence-corrected chi connectivity index (χ1v) is 5.08. The Labute approximate surface area is 97.3 Å². The summed E-state index contributed by atoms with van der Waals surface area (Å²) >= 11 is 2.97. The summed E-state index contributed by atoms with van der Waals surface area (Å²) in [6.07, 6.45) is 0. The van der Waals surface area contributed by atoms with Gasteiger partial charge in [-0.3, -0.25) is 4.79 Å². The number of nitrogens with one attached hydrogen (secondary N) is 1. The Morgan fingerprint density at radius 3 is 2.31 bits per heavy atom. The number of rotatable bonds is 1. The lowest BCUT2D eigenvalue weighted by molar-refractivity contribution is 0.586. The van der Waals surface area contributed by atoms with Gasteiger partial charge in [0.15, 0.2) is 0 Å². The predicted molar refractivity (Wildman–Crippen MR) is 57.9 cm³/mol. The van der Waals surface area contributed by atoms with Crippen LogP contribution in [-0.4, -0.2) is 10.2 Å². The van der Waals surface area contributed by atoms with Gasteiger partial charge in [-0.05, 0) is 18.2 Å². The molecule has 6 heteroatoms. The molecule has 3 nitrogen and oxygen atoms in total. The van der Waals surface area contributed by atoms with E-state index in [1.807, 2.05) is 0 Å². The van der Waals surface area contributed by atoms with Crippen molar-refractivity contribution in [2.24, 2.45) is 0 Å². The smallest absolute Gasteiger partial charge is 0.264 e. The SMILES string of the molecule is O=c1ccc(-c2c(F)cc(Br)cc2F)n[nH]1. The van der Waals surface area contributed by atoms with Crippen molar-refractivity contribution in [2.45, 2.75) is 0 Å². The van der Waals surface area contributed by atoms with Gasteiger partial charge in [-0.1, -0.05) is 15.9 Å². The summed E-state index contributed by atoms with van der Waals surface area (Å²) in [6.45, 7) is 0. The minimum Gasteiger partial charge on any atom is -0.268 e. The third kappa shape index (κ3) is 2.01. The summed E-state index contributed by atoms with van der Waals surface area (Å²) in [5.74, 6) is -1.49. The van der Waals surface area contributed by atoms with E-state index >= 15 is 0 Å². The Balaban J connectivity index is 2.64. The third-order valence-corrected chi connectivity index (χ3v) is 2.40. The number of hydrogen-bond acceptors (Lipinski definition) is 2. The van der Waals surface area contributed by atoms with E-state index in [-0.39, 0.29) is 11.3 Å². The second-order valence-corrected chi connectivity index (χ2v) is 3.97. The molecule has 0 atom stereocenters. The average molecular weight is 287 g/mol. The molecular formula is C10H5BrF2N2O. The van der Waals surface area contributed by atoms with Gasteiger partial charge in [0.25, 0.3) is 5.56 Å². The Kier molecular flexibility index (Phi) is 2.82. The zero-order valence-corrected chi connectivity index (χ0v) is 9.38. The summed E-state index contributed by atoms with van der Waals surface area (Å²) in [5.41, 5.74) is -0.650. The molecule has 0 saturated carbocycles. The molecule has 2 rings (SSSR count). The van der Waals surface area contributed by atoms with Crippen molar-refractivity contribution in [1.82, 2.24) is 10.2 Å². The number of aromatic amines is 1. The van der Waals surface area contributed by atoms with Gasteiger partial charge in [0.05, 0.1) is 11.3 Å². The van der Waals surface area contributed by atoms with Gasteiger partial charge in [0.1, 0.15) is 11.6 Å². The number of aromatic nitrogens is 2. The Morgan fingerprint density at radius 1 is 1.19 bits per heavy atom. The van der Waals surface area contributed by atoms with Crippen molar-refractivity contribution in [1.29, 1.82) is 0 Å². The van der Waals surface area contributed by atoms with Crippen molar-refractivity contribution >= 4 is 15.9 Å². The molecule has 82 valence electrons. The quantitative estimate of drug-likeness (QED) is 0.875. The monoisotopic (exact) mass is 286 g/mol. The van der Waals surface area contributed by atoms with Crippen LogP contribution in [-0.2, 0) is 0 Å². The molecule has 0 aliphatic rings. The molecule has 0 spiro atoms. The minimum absolute atomic E-state index is 0.0436. The van der Waals surface area contributed by atoms with E-state index in [0.717, 1.165) is 18.2 Å². The highest BCUT2D eigenvalue weighted by molar-refractivity contribution is 9.10. The maximum atomic E-state index is 13.5. The van der Waals surface area contributed by atoms with E-state index < -0.39 is 17.2 Å². The van der Waals surface area contributed by atoms with Crippen LogP contribution in [0.3, 0.4) is 0 Å². The maximum Gasteiger partial charge on any atom is 0.264 e. The lowest BCUT2D eigenvalue weighted by atomic mass is 10.1. The molecule has 0 unspecified atom stereocenters.